The number of carbonyl (C=O) groups is 1. The summed E-state index contributed by atoms with van der Waals surface area (Å²) in [5.74, 6) is -0.00895. The number of halogens is 1. The molecule has 1 heterocycles. The van der Waals surface area contributed by atoms with Gasteiger partial charge in [0.1, 0.15) is 0 Å². The lowest BCUT2D eigenvalue weighted by molar-refractivity contribution is -0.119. The zero-order valence-corrected chi connectivity index (χ0v) is 15.4. The van der Waals surface area contributed by atoms with Crippen LogP contribution in [0.15, 0.2) is 24.3 Å². The Morgan fingerprint density at radius 2 is 1.70 bits per heavy atom. The highest BCUT2D eigenvalue weighted by atomic mass is 35.5. The third-order valence-electron chi connectivity index (χ3n) is 4.37. The van der Waals surface area contributed by atoms with Crippen molar-refractivity contribution in [2.75, 3.05) is 24.7 Å². The Hall–Kier alpha value is -1.11. The molecule has 1 aromatic carbocycles. The van der Waals surface area contributed by atoms with Crippen molar-refractivity contribution in [3.05, 3.63) is 29.8 Å². The lowest BCUT2D eigenvalue weighted by Crippen LogP contribution is -2.55. The molecule has 1 aliphatic rings. The van der Waals surface area contributed by atoms with Crippen molar-refractivity contribution < 1.29 is 13.2 Å². The van der Waals surface area contributed by atoms with Crippen LogP contribution in [-0.2, 0) is 14.6 Å². The van der Waals surface area contributed by atoms with E-state index in [1.54, 1.807) is 0 Å². The van der Waals surface area contributed by atoms with E-state index in [1.165, 1.54) is 5.56 Å². The van der Waals surface area contributed by atoms with Gasteiger partial charge in [-0.15, -0.1) is 12.4 Å². The smallest absolute Gasteiger partial charge is 0.245 e. The first-order valence-corrected chi connectivity index (χ1v) is 9.47. The van der Waals surface area contributed by atoms with Gasteiger partial charge in [-0.3, -0.25) is 4.79 Å². The van der Waals surface area contributed by atoms with E-state index in [1.807, 2.05) is 24.3 Å². The normalized spacial score (nSPS) is 17.4. The first-order valence-electron chi connectivity index (χ1n) is 7.58. The number of rotatable bonds is 4. The van der Waals surface area contributed by atoms with E-state index >= 15 is 0 Å². The quantitative estimate of drug-likeness (QED) is 0.864. The average Bonchev–Trinajstić information content (AvgIpc) is 2.47. The molecule has 0 bridgehead atoms. The van der Waals surface area contributed by atoms with Crippen molar-refractivity contribution in [2.45, 2.75) is 37.4 Å². The topological polar surface area (TPSA) is 75.3 Å². The third-order valence-corrected chi connectivity index (χ3v) is 6.38. The van der Waals surface area contributed by atoms with Crippen LogP contribution in [0.1, 0.15) is 38.2 Å². The summed E-state index contributed by atoms with van der Waals surface area (Å²) in [5, 5.41) is 5.89. The second-order valence-electron chi connectivity index (χ2n) is 6.25. The lowest BCUT2D eigenvalue weighted by atomic mass is 9.95. The van der Waals surface area contributed by atoms with E-state index < -0.39 is 20.5 Å². The molecule has 0 aromatic heterocycles. The molecular formula is C16H25ClN2O3S. The minimum Gasteiger partial charge on any atom is -0.325 e. The van der Waals surface area contributed by atoms with Gasteiger partial charge in [-0.25, -0.2) is 8.42 Å². The number of piperidine rings is 1. The van der Waals surface area contributed by atoms with E-state index in [0.717, 1.165) is 6.26 Å². The van der Waals surface area contributed by atoms with Gasteiger partial charge >= 0.3 is 0 Å². The zero-order valence-electron chi connectivity index (χ0n) is 13.8. The van der Waals surface area contributed by atoms with Gasteiger partial charge in [-0.1, -0.05) is 26.0 Å². The Morgan fingerprint density at radius 1 is 1.17 bits per heavy atom. The van der Waals surface area contributed by atoms with Gasteiger partial charge in [-0.2, -0.15) is 0 Å². The largest absolute Gasteiger partial charge is 0.325 e. The van der Waals surface area contributed by atoms with Gasteiger partial charge in [0.25, 0.3) is 0 Å². The number of sulfone groups is 1. The van der Waals surface area contributed by atoms with Gasteiger partial charge in [0.15, 0.2) is 14.6 Å². The van der Waals surface area contributed by atoms with Crippen LogP contribution in [-0.4, -0.2) is 38.4 Å². The Balaban J connectivity index is 0.00000264. The maximum atomic E-state index is 12.6. The number of amides is 1. The van der Waals surface area contributed by atoms with Crippen LogP contribution in [0, 0.1) is 0 Å². The van der Waals surface area contributed by atoms with Crippen molar-refractivity contribution >= 4 is 33.8 Å². The highest BCUT2D eigenvalue weighted by Gasteiger charge is 2.48. The lowest BCUT2D eigenvalue weighted by Gasteiger charge is -2.34. The van der Waals surface area contributed by atoms with Gasteiger partial charge in [0, 0.05) is 11.9 Å². The van der Waals surface area contributed by atoms with E-state index in [-0.39, 0.29) is 12.4 Å². The first kappa shape index (κ1) is 19.9. The van der Waals surface area contributed by atoms with Crippen LogP contribution in [0.25, 0.3) is 0 Å². The molecule has 0 aliphatic carbocycles. The fourth-order valence-electron chi connectivity index (χ4n) is 2.79. The molecule has 0 atom stereocenters. The molecule has 0 spiro atoms. The SMILES string of the molecule is CC(C)c1ccc(NC(=O)C2(S(C)(=O)=O)CCNCC2)cc1.Cl. The molecule has 0 unspecified atom stereocenters. The molecule has 7 heteroatoms. The summed E-state index contributed by atoms with van der Waals surface area (Å²) in [6.45, 7) is 5.27. The number of carbonyl (C=O) groups excluding carboxylic acids is 1. The number of anilines is 1. The minimum absolute atomic E-state index is 0. The van der Waals surface area contributed by atoms with Crippen LogP contribution in [0.3, 0.4) is 0 Å². The third kappa shape index (κ3) is 4.25. The Kier molecular flexibility index (Phi) is 6.62. The average molecular weight is 361 g/mol. The van der Waals surface area contributed by atoms with E-state index in [2.05, 4.69) is 24.5 Å². The van der Waals surface area contributed by atoms with Crippen LogP contribution >= 0.6 is 12.4 Å². The zero-order chi connectivity index (χ0) is 16.4. The predicted molar refractivity (Wildman–Crippen MR) is 96.1 cm³/mol. The molecular weight excluding hydrogens is 336 g/mol. The molecule has 5 nitrogen and oxygen atoms in total. The summed E-state index contributed by atoms with van der Waals surface area (Å²) in [4.78, 5) is 12.6. The molecule has 2 rings (SSSR count). The molecule has 0 radical (unpaired) electrons. The fraction of sp³-hybridized carbons (Fsp3) is 0.562. The van der Waals surface area contributed by atoms with Gasteiger partial charge in [-0.05, 0) is 49.5 Å². The predicted octanol–water partition coefficient (Wildman–Crippen LogP) is 2.34. The van der Waals surface area contributed by atoms with Gasteiger partial charge in [0.05, 0.1) is 0 Å². The Morgan fingerprint density at radius 3 is 2.13 bits per heavy atom. The molecule has 23 heavy (non-hydrogen) atoms. The van der Waals surface area contributed by atoms with Crippen molar-refractivity contribution in [3.63, 3.8) is 0 Å². The van der Waals surface area contributed by atoms with Crippen molar-refractivity contribution in [1.29, 1.82) is 0 Å². The Bertz CT molecular complexity index is 636. The number of hydrogen-bond donors (Lipinski definition) is 2. The summed E-state index contributed by atoms with van der Waals surface area (Å²) in [5.41, 5.74) is 1.81. The van der Waals surface area contributed by atoms with Crippen molar-refractivity contribution in [2.24, 2.45) is 0 Å². The molecule has 130 valence electrons. The molecule has 0 saturated carbocycles. The van der Waals surface area contributed by atoms with Gasteiger partial charge < -0.3 is 10.6 Å². The van der Waals surface area contributed by atoms with Crippen LogP contribution in [0.5, 0.6) is 0 Å². The van der Waals surface area contributed by atoms with Crippen molar-refractivity contribution in [3.8, 4) is 0 Å². The summed E-state index contributed by atoms with van der Waals surface area (Å²) in [6.07, 6.45) is 1.77. The molecule has 1 amide bonds. The summed E-state index contributed by atoms with van der Waals surface area (Å²) in [7, 11) is -3.48. The number of hydrogen-bond acceptors (Lipinski definition) is 4. The number of nitrogens with one attached hydrogen (secondary N) is 2. The maximum absolute atomic E-state index is 12.6. The Labute approximate surface area is 144 Å². The fourth-order valence-corrected chi connectivity index (χ4v) is 4.13. The number of benzene rings is 1. The molecule has 2 N–H and O–H groups in total. The van der Waals surface area contributed by atoms with Gasteiger partial charge in [0.2, 0.25) is 5.91 Å². The second-order valence-corrected chi connectivity index (χ2v) is 8.57. The molecule has 1 aliphatic heterocycles. The van der Waals surface area contributed by atoms with Crippen molar-refractivity contribution in [1.82, 2.24) is 5.32 Å². The second kappa shape index (κ2) is 7.64. The maximum Gasteiger partial charge on any atom is 0.245 e. The van der Waals surface area contributed by atoms with E-state index in [4.69, 9.17) is 0 Å². The molecule has 1 saturated heterocycles. The monoisotopic (exact) mass is 360 g/mol. The molecule has 1 fully saturated rings. The highest BCUT2D eigenvalue weighted by molar-refractivity contribution is 7.92. The summed E-state index contributed by atoms with van der Waals surface area (Å²) in [6, 6.07) is 7.56. The van der Waals surface area contributed by atoms with Crippen LogP contribution in [0.2, 0.25) is 0 Å². The molecule has 1 aromatic rings. The standard InChI is InChI=1S/C16H24N2O3S.ClH/c1-12(2)13-4-6-14(7-5-13)18-15(19)16(22(3,20)21)8-10-17-11-9-16;/h4-7,12,17H,8-11H2,1-3H3,(H,18,19);1H. The highest BCUT2D eigenvalue weighted by Crippen LogP contribution is 2.29. The first-order chi connectivity index (χ1) is 10.3. The summed E-state index contributed by atoms with van der Waals surface area (Å²) < 4.78 is 23.1. The van der Waals surface area contributed by atoms with E-state index in [9.17, 15) is 13.2 Å². The van der Waals surface area contributed by atoms with E-state index in [0.29, 0.717) is 37.5 Å². The summed E-state index contributed by atoms with van der Waals surface area (Å²) >= 11 is 0. The van der Waals surface area contributed by atoms with Crippen LogP contribution in [0.4, 0.5) is 5.69 Å². The van der Waals surface area contributed by atoms with Crippen LogP contribution < -0.4 is 10.6 Å². The minimum atomic E-state index is -3.48.